The largest absolute Gasteiger partial charge is 0.354 e. The highest BCUT2D eigenvalue weighted by molar-refractivity contribution is 6.10. The van der Waals surface area contributed by atoms with E-state index in [4.69, 9.17) is 0 Å². The number of rotatable bonds is 15. The molecule has 0 unspecified atom stereocenters. The fourth-order valence-electron chi connectivity index (χ4n) is 6.67. The molecule has 2 aromatic heterocycles. The lowest BCUT2D eigenvalue weighted by molar-refractivity contribution is 0.111. The van der Waals surface area contributed by atoms with Gasteiger partial charge in [0.1, 0.15) is 12.6 Å². The van der Waals surface area contributed by atoms with Crippen LogP contribution in [0.1, 0.15) is 96.1 Å². The van der Waals surface area contributed by atoms with E-state index >= 15 is 0 Å². The average Bonchev–Trinajstić information content (AvgIpc) is 3.60. The van der Waals surface area contributed by atoms with Gasteiger partial charge >= 0.3 is 0 Å². The number of aromatic amines is 2. The number of unbranched alkanes of at least 4 members (excludes halogenated alkanes) is 9. The van der Waals surface area contributed by atoms with E-state index < -0.39 is 0 Å². The molecule has 4 heteroatoms. The molecule has 4 aromatic carbocycles. The first kappa shape index (κ1) is 28.0. The molecule has 2 heterocycles. The lowest BCUT2D eigenvalue weighted by atomic mass is 9.99. The molecule has 6 aromatic rings. The monoisotopic (exact) mass is 556 g/mol. The highest BCUT2D eigenvalue weighted by atomic mass is 16.1. The maximum absolute atomic E-state index is 11.6. The van der Waals surface area contributed by atoms with Crippen LogP contribution in [0.4, 0.5) is 0 Å². The first-order valence-electron chi connectivity index (χ1n) is 15.7. The third-order valence-corrected chi connectivity index (χ3v) is 8.85. The minimum absolute atomic E-state index is 0.767. The van der Waals surface area contributed by atoms with Gasteiger partial charge in [-0.25, -0.2) is 0 Å². The lowest BCUT2D eigenvalue weighted by Gasteiger charge is -2.07. The van der Waals surface area contributed by atoms with Gasteiger partial charge in [0.25, 0.3) is 0 Å². The van der Waals surface area contributed by atoms with Crippen molar-refractivity contribution in [3.8, 4) is 0 Å². The van der Waals surface area contributed by atoms with Crippen molar-refractivity contribution in [2.75, 3.05) is 0 Å². The summed E-state index contributed by atoms with van der Waals surface area (Å²) in [6.07, 6.45) is 16.5. The highest BCUT2D eigenvalue weighted by Gasteiger charge is 2.11. The second kappa shape index (κ2) is 13.2. The Balaban J connectivity index is 0.893. The van der Waals surface area contributed by atoms with Crippen molar-refractivity contribution >= 4 is 56.2 Å². The maximum atomic E-state index is 11.6. The van der Waals surface area contributed by atoms with Crippen LogP contribution in [0.2, 0.25) is 0 Å². The van der Waals surface area contributed by atoms with Crippen LogP contribution in [0.3, 0.4) is 0 Å². The fraction of sp³-hybridized carbons (Fsp3) is 0.316. The van der Waals surface area contributed by atoms with Crippen LogP contribution in [0.25, 0.3) is 43.6 Å². The Morgan fingerprint density at radius 2 is 0.833 bits per heavy atom. The minimum Gasteiger partial charge on any atom is -0.354 e. The molecule has 0 fully saturated rings. The molecule has 0 radical (unpaired) electrons. The van der Waals surface area contributed by atoms with E-state index in [1.807, 2.05) is 12.1 Å². The number of nitrogens with one attached hydrogen (secondary N) is 2. The molecule has 0 aliphatic heterocycles. The van der Waals surface area contributed by atoms with Crippen molar-refractivity contribution in [2.45, 2.75) is 77.0 Å². The molecule has 6 rings (SSSR count). The van der Waals surface area contributed by atoms with E-state index in [1.165, 1.54) is 84.3 Å². The summed E-state index contributed by atoms with van der Waals surface area (Å²) in [6.45, 7) is 0. The van der Waals surface area contributed by atoms with E-state index in [1.54, 1.807) is 0 Å². The smallest absolute Gasteiger partial charge is 0.150 e. The Morgan fingerprint density at radius 1 is 0.452 bits per heavy atom. The summed E-state index contributed by atoms with van der Waals surface area (Å²) in [4.78, 5) is 30.3. The number of benzene rings is 4. The summed E-state index contributed by atoms with van der Waals surface area (Å²) in [7, 11) is 0. The predicted octanol–water partition coefficient (Wildman–Crippen LogP) is 10.3. The van der Waals surface area contributed by atoms with Gasteiger partial charge in [0.15, 0.2) is 0 Å². The number of aryl methyl sites for hydroxylation is 2. The van der Waals surface area contributed by atoms with Gasteiger partial charge in [0.2, 0.25) is 0 Å². The van der Waals surface area contributed by atoms with Crippen molar-refractivity contribution in [3.05, 3.63) is 95.1 Å². The van der Waals surface area contributed by atoms with Crippen LogP contribution >= 0.6 is 0 Å². The number of aldehydes is 2. The summed E-state index contributed by atoms with van der Waals surface area (Å²) >= 11 is 0. The van der Waals surface area contributed by atoms with Crippen LogP contribution in [-0.2, 0) is 12.8 Å². The fourth-order valence-corrected chi connectivity index (χ4v) is 6.67. The number of hydrogen-bond acceptors (Lipinski definition) is 2. The Bertz CT molecular complexity index is 1710. The van der Waals surface area contributed by atoms with E-state index in [2.05, 4.69) is 70.6 Å². The van der Waals surface area contributed by atoms with Crippen molar-refractivity contribution in [3.63, 3.8) is 0 Å². The van der Waals surface area contributed by atoms with E-state index in [0.29, 0.717) is 0 Å². The second-order valence-electron chi connectivity index (χ2n) is 11.8. The molecule has 0 bridgehead atoms. The molecule has 42 heavy (non-hydrogen) atoms. The second-order valence-corrected chi connectivity index (χ2v) is 11.8. The van der Waals surface area contributed by atoms with Crippen LogP contribution in [-0.4, -0.2) is 22.5 Å². The molecular weight excluding hydrogens is 516 g/mol. The van der Waals surface area contributed by atoms with Crippen LogP contribution < -0.4 is 0 Å². The maximum Gasteiger partial charge on any atom is 0.150 e. The quantitative estimate of drug-likeness (QED) is 0.0976. The zero-order valence-corrected chi connectivity index (χ0v) is 24.4. The van der Waals surface area contributed by atoms with Crippen molar-refractivity contribution in [2.24, 2.45) is 0 Å². The van der Waals surface area contributed by atoms with Crippen molar-refractivity contribution in [1.82, 2.24) is 9.97 Å². The summed E-state index contributed by atoms with van der Waals surface area (Å²) in [6, 6.07) is 24.8. The number of carbonyl (C=O) groups excluding carboxylic acids is 2. The SMILES string of the molecule is O=Cc1cc(CCCCCCCCCCCCc2cc(C=O)cc3c2[nH]c2ccccc23)c2[nH]c3ccccc3c2c1. The van der Waals surface area contributed by atoms with Gasteiger partial charge in [-0.05, 0) is 73.2 Å². The number of aromatic nitrogens is 2. The molecule has 0 aliphatic rings. The Morgan fingerprint density at radius 3 is 1.24 bits per heavy atom. The van der Waals surface area contributed by atoms with Crippen LogP contribution in [0, 0.1) is 0 Å². The number of para-hydroxylation sites is 2. The van der Waals surface area contributed by atoms with Gasteiger partial charge < -0.3 is 9.97 Å². The van der Waals surface area contributed by atoms with Gasteiger partial charge in [-0.3, -0.25) is 9.59 Å². The molecule has 2 N–H and O–H groups in total. The van der Waals surface area contributed by atoms with Gasteiger partial charge in [-0.15, -0.1) is 0 Å². The van der Waals surface area contributed by atoms with E-state index in [9.17, 15) is 9.59 Å². The van der Waals surface area contributed by atoms with Gasteiger partial charge in [0.05, 0.1) is 0 Å². The number of fused-ring (bicyclic) bond motifs is 6. The molecule has 4 nitrogen and oxygen atoms in total. The van der Waals surface area contributed by atoms with Gasteiger partial charge in [0, 0.05) is 54.7 Å². The number of hydrogen-bond donors (Lipinski definition) is 2. The molecule has 0 amide bonds. The molecule has 0 aliphatic carbocycles. The first-order valence-corrected chi connectivity index (χ1v) is 15.7. The molecule has 0 saturated carbocycles. The van der Waals surface area contributed by atoms with Gasteiger partial charge in [-0.1, -0.05) is 87.8 Å². The summed E-state index contributed by atoms with van der Waals surface area (Å²) < 4.78 is 0. The molecule has 0 saturated heterocycles. The first-order chi connectivity index (χ1) is 20.7. The van der Waals surface area contributed by atoms with Gasteiger partial charge in [-0.2, -0.15) is 0 Å². The number of carbonyl (C=O) groups is 2. The Hall–Kier alpha value is -4.18. The molecule has 0 spiro atoms. The standard InChI is InChI=1S/C38H40N2O2/c41-25-27-21-29(37-33(23-27)31-17-11-13-19-35(31)39-37)15-9-7-5-3-1-2-4-6-8-10-16-30-22-28(26-42)24-34-32-18-12-14-20-36(32)40-38(30)34/h11-14,17-26,39-40H,1-10,15-16H2. The summed E-state index contributed by atoms with van der Waals surface area (Å²) in [5.74, 6) is 0. The normalized spacial score (nSPS) is 11.7. The third kappa shape index (κ3) is 6.04. The Kier molecular flexibility index (Phi) is 8.79. The molecule has 214 valence electrons. The zero-order valence-electron chi connectivity index (χ0n) is 24.4. The van der Waals surface area contributed by atoms with Crippen LogP contribution in [0.15, 0.2) is 72.8 Å². The predicted molar refractivity (Wildman–Crippen MR) is 176 cm³/mol. The van der Waals surface area contributed by atoms with Crippen molar-refractivity contribution in [1.29, 1.82) is 0 Å². The zero-order chi connectivity index (χ0) is 28.7. The molecular formula is C38H40N2O2. The van der Waals surface area contributed by atoms with E-state index in [0.717, 1.165) is 71.2 Å². The van der Waals surface area contributed by atoms with E-state index in [-0.39, 0.29) is 0 Å². The van der Waals surface area contributed by atoms with Crippen molar-refractivity contribution < 1.29 is 9.59 Å². The highest BCUT2D eigenvalue weighted by Crippen LogP contribution is 2.31. The number of H-pyrrole nitrogens is 2. The summed E-state index contributed by atoms with van der Waals surface area (Å²) in [5.41, 5.74) is 8.69. The lowest BCUT2D eigenvalue weighted by Crippen LogP contribution is -1.92. The third-order valence-electron chi connectivity index (χ3n) is 8.85. The minimum atomic E-state index is 0.767. The topological polar surface area (TPSA) is 65.7 Å². The summed E-state index contributed by atoms with van der Waals surface area (Å²) in [5, 5.41) is 4.70. The molecule has 0 atom stereocenters. The average molecular weight is 557 g/mol. The van der Waals surface area contributed by atoms with Crippen LogP contribution in [0.5, 0.6) is 0 Å². The Labute approximate surface area is 247 Å².